The molecule has 5 N–H and O–H groups in total. The molecule has 314 valence electrons. The molecular weight excluding hydrogens is 791 g/mol. The maximum absolute atomic E-state index is 14.2. The summed E-state index contributed by atoms with van der Waals surface area (Å²) in [4.78, 5) is 73.4. The number of hydroxylamine groups is 2. The number of carbonyl (C=O) groups excluding carboxylic acids is 2. The molecule has 2 amide bonds. The minimum absolute atomic E-state index is 0.132. The molecule has 2 aliphatic rings. The van der Waals surface area contributed by atoms with Crippen molar-refractivity contribution in [2.45, 2.75) is 75.1 Å². The van der Waals surface area contributed by atoms with Crippen molar-refractivity contribution in [1.29, 1.82) is 0 Å². The van der Waals surface area contributed by atoms with Crippen molar-refractivity contribution in [3.63, 3.8) is 0 Å². The second-order valence-electron chi connectivity index (χ2n) is 14.6. The third-order valence-electron chi connectivity index (χ3n) is 11.1. The van der Waals surface area contributed by atoms with Crippen LogP contribution in [0.2, 0.25) is 0 Å². The Morgan fingerprint density at radius 1 is 0.817 bits per heavy atom. The first-order valence-electron chi connectivity index (χ1n) is 19.6. The summed E-state index contributed by atoms with van der Waals surface area (Å²) >= 11 is 0. The molecule has 1 saturated heterocycles. The number of imide groups is 1. The smallest absolute Gasteiger partial charge is 0.330 e. The molecule has 1 fully saturated rings. The summed E-state index contributed by atoms with van der Waals surface area (Å²) in [6.45, 7) is 2.10. The summed E-state index contributed by atoms with van der Waals surface area (Å²) in [6, 6.07) is 29.5. The summed E-state index contributed by atoms with van der Waals surface area (Å²) in [6.07, 6.45) is -2.49. The van der Waals surface area contributed by atoms with E-state index < -0.39 is 67.6 Å². The molecule has 60 heavy (non-hydrogen) atoms. The van der Waals surface area contributed by atoms with Gasteiger partial charge in [-0.3, -0.25) is 34.3 Å². The van der Waals surface area contributed by atoms with Gasteiger partial charge in [-0.25, -0.2) is 4.79 Å². The molecule has 1 aromatic heterocycles. The van der Waals surface area contributed by atoms with E-state index in [1.54, 1.807) is 60.7 Å². The molecule has 4 aromatic carbocycles. The molecule has 2 aliphatic heterocycles. The quantitative estimate of drug-likeness (QED) is 0.0417. The maximum Gasteiger partial charge on any atom is 0.330 e. The number of methoxy groups -OCH3 is 2. The van der Waals surface area contributed by atoms with Crippen molar-refractivity contribution < 1.29 is 43.2 Å². The summed E-state index contributed by atoms with van der Waals surface area (Å²) in [5.74, 6) is -0.418. The zero-order chi connectivity index (χ0) is 42.6. The highest BCUT2D eigenvalue weighted by atomic mass is 31.2. The Labute approximate surface area is 347 Å². The number of H-pyrrole nitrogens is 1. The van der Waals surface area contributed by atoms with Gasteiger partial charge in [0.15, 0.2) is 12.3 Å². The molecule has 16 heteroatoms. The lowest BCUT2D eigenvalue weighted by molar-refractivity contribution is -0.178. The molecule has 7 rings (SSSR count). The fraction of sp³-hybridized carbons (Fsp3) is 0.318. The highest BCUT2D eigenvalue weighted by Gasteiger charge is 2.59. The van der Waals surface area contributed by atoms with Crippen molar-refractivity contribution in [2.24, 2.45) is 5.50 Å². The fourth-order valence-electron chi connectivity index (χ4n) is 8.30. The highest BCUT2D eigenvalue weighted by molar-refractivity contribution is 7.43. The van der Waals surface area contributed by atoms with E-state index in [1.165, 1.54) is 20.3 Å². The molecule has 0 bridgehead atoms. The third kappa shape index (κ3) is 8.05. The van der Waals surface area contributed by atoms with E-state index in [0.717, 1.165) is 42.5 Å². The third-order valence-corrected chi connectivity index (χ3v) is 11.6. The van der Waals surface area contributed by atoms with Crippen LogP contribution in [0.4, 0.5) is 0 Å². The number of hydrogen-bond acceptors (Lipinski definition) is 12. The Kier molecular flexibility index (Phi) is 13.1. The van der Waals surface area contributed by atoms with Gasteiger partial charge in [-0.15, -0.1) is 5.06 Å². The molecule has 3 heterocycles. The summed E-state index contributed by atoms with van der Waals surface area (Å²) in [5.41, 5.74) is 5.83. The first-order chi connectivity index (χ1) is 29.0. The van der Waals surface area contributed by atoms with Gasteiger partial charge in [-0.2, -0.15) is 0 Å². The number of aromatic nitrogens is 2. The van der Waals surface area contributed by atoms with E-state index >= 15 is 0 Å². The number of aliphatic hydroxyl groups excluding tert-OH is 1. The van der Waals surface area contributed by atoms with Crippen LogP contribution in [0.5, 0.6) is 11.5 Å². The number of aryl methyl sites for hydroxylation is 1. The first-order valence-corrected chi connectivity index (χ1v) is 20.9. The van der Waals surface area contributed by atoms with Gasteiger partial charge in [0.05, 0.1) is 30.8 Å². The number of aliphatic hydroxyl groups is 1. The van der Waals surface area contributed by atoms with Gasteiger partial charge in [-0.05, 0) is 65.4 Å². The molecule has 0 saturated carbocycles. The standard InChI is InChI=1S/C44H47N4O11P/c1-4-5-6-8-12-27-13-11-16-33-35(27)41(52)48(40(33)51)58-38-36(50)37(57-42(38)47-26-25-34(49)46-43(47)53)39(59-60(45)54)44(28-14-9-7-10-15-28,29-17-21-31(55-2)22-18-29)30-19-23-32(56-3)24-20-30/h7,9-11,13-26,36-39,42,50,54H,4-6,8,12,45H2,1-3H3,(H,46,49,53)/t36-,37+,38-,39?,42-,60?/m1/s1. The molecule has 6 atom stereocenters. The number of nitrogens with one attached hydrogen (secondary N) is 1. The lowest BCUT2D eigenvalue weighted by atomic mass is 9.64. The Balaban J connectivity index is 1.39. The van der Waals surface area contributed by atoms with Gasteiger partial charge in [0.2, 0.25) is 0 Å². The van der Waals surface area contributed by atoms with Crippen molar-refractivity contribution in [2.75, 3.05) is 14.2 Å². The molecule has 2 unspecified atom stereocenters. The predicted molar refractivity (Wildman–Crippen MR) is 221 cm³/mol. The number of benzene rings is 4. The van der Waals surface area contributed by atoms with Gasteiger partial charge in [0, 0.05) is 12.3 Å². The van der Waals surface area contributed by atoms with E-state index in [1.807, 2.05) is 30.3 Å². The molecular formula is C44H47N4O11P. The summed E-state index contributed by atoms with van der Waals surface area (Å²) < 4.78 is 25.0. The van der Waals surface area contributed by atoms with Crippen LogP contribution in [0.25, 0.3) is 0 Å². The molecule has 0 radical (unpaired) electrons. The minimum Gasteiger partial charge on any atom is -0.497 e. The average Bonchev–Trinajstić information content (AvgIpc) is 3.71. The van der Waals surface area contributed by atoms with Gasteiger partial charge in [0.25, 0.3) is 25.9 Å². The number of hydrogen-bond donors (Lipinski definition) is 4. The number of nitrogens with two attached hydrogens (primary N) is 1. The van der Waals surface area contributed by atoms with E-state index in [2.05, 4.69) is 11.9 Å². The van der Waals surface area contributed by atoms with Crippen LogP contribution in [0.1, 0.15) is 81.8 Å². The normalized spacial score (nSPS) is 19.9. The first kappa shape index (κ1) is 42.6. The number of carbonyl (C=O) groups is 2. The minimum atomic E-state index is -2.71. The Morgan fingerprint density at radius 2 is 1.45 bits per heavy atom. The van der Waals surface area contributed by atoms with E-state index in [9.17, 15) is 29.2 Å². The lowest BCUT2D eigenvalue weighted by Crippen LogP contribution is -2.54. The van der Waals surface area contributed by atoms with E-state index in [4.69, 9.17) is 29.1 Å². The number of unbranched alkanes of at least 4 members (excludes halogenated alkanes) is 3. The maximum atomic E-state index is 14.2. The van der Waals surface area contributed by atoms with Gasteiger partial charge in [-0.1, -0.05) is 92.9 Å². The van der Waals surface area contributed by atoms with Gasteiger partial charge in [0.1, 0.15) is 29.8 Å². The zero-order valence-corrected chi connectivity index (χ0v) is 34.2. The second kappa shape index (κ2) is 18.4. The topological polar surface area (TPSA) is 205 Å². The molecule has 5 aromatic rings. The van der Waals surface area contributed by atoms with Gasteiger partial charge >= 0.3 is 5.69 Å². The van der Waals surface area contributed by atoms with E-state index in [0.29, 0.717) is 45.2 Å². The van der Waals surface area contributed by atoms with Crippen LogP contribution >= 0.6 is 8.53 Å². The van der Waals surface area contributed by atoms with Crippen LogP contribution in [0.3, 0.4) is 0 Å². The number of amides is 2. The van der Waals surface area contributed by atoms with Crippen molar-refractivity contribution in [1.82, 2.24) is 14.6 Å². The number of rotatable bonds is 17. The van der Waals surface area contributed by atoms with Crippen LogP contribution < -0.4 is 26.2 Å². The number of nitrogens with zero attached hydrogens (tertiary/aromatic N) is 2. The Morgan fingerprint density at radius 3 is 2.03 bits per heavy atom. The van der Waals surface area contributed by atoms with Crippen molar-refractivity contribution in [3.8, 4) is 11.5 Å². The van der Waals surface area contributed by atoms with E-state index in [-0.39, 0.29) is 11.1 Å². The monoisotopic (exact) mass is 838 g/mol. The summed E-state index contributed by atoms with van der Waals surface area (Å²) in [7, 11) is 0.360. The van der Waals surface area contributed by atoms with Crippen LogP contribution in [-0.4, -0.2) is 75.1 Å². The highest BCUT2D eigenvalue weighted by Crippen LogP contribution is 2.51. The average molecular weight is 839 g/mol. The number of ether oxygens (including phenoxy) is 3. The SMILES string of the molecule is CCCCCCc1cccc2c1C(=O)N(O[C@@H]1[C@H](O)[C@@H](C(OP(N)O)C(c3ccccc3)(c3ccc(OC)cc3)c3ccc(OC)cc3)O[C@H]1n1ccc(=O)[nH]c1=O)C2=O. The van der Waals surface area contributed by atoms with Crippen LogP contribution in [0.15, 0.2) is 119 Å². The Hall–Kier alpha value is -5.51. The zero-order valence-electron chi connectivity index (χ0n) is 33.3. The fourth-order valence-corrected chi connectivity index (χ4v) is 8.81. The summed E-state index contributed by atoms with van der Waals surface area (Å²) in [5, 5.41) is 13.2. The van der Waals surface area contributed by atoms with Crippen LogP contribution in [0, 0.1) is 0 Å². The predicted octanol–water partition coefficient (Wildman–Crippen LogP) is 5.13. The molecule has 15 nitrogen and oxygen atoms in total. The Bertz CT molecular complexity index is 2360. The molecule has 0 spiro atoms. The second-order valence-corrected chi connectivity index (χ2v) is 15.4. The largest absolute Gasteiger partial charge is 0.497 e. The number of aromatic amines is 1. The van der Waals surface area contributed by atoms with Crippen molar-refractivity contribution >= 4 is 20.3 Å². The molecule has 0 aliphatic carbocycles. The van der Waals surface area contributed by atoms with Crippen molar-refractivity contribution in [3.05, 3.63) is 164 Å². The van der Waals surface area contributed by atoms with Gasteiger partial charge < -0.3 is 28.7 Å². The number of fused-ring (bicyclic) bond motifs is 1. The lowest BCUT2D eigenvalue weighted by Gasteiger charge is -2.45. The van der Waals surface area contributed by atoms with Crippen LogP contribution in [-0.2, 0) is 25.9 Å².